The molecule has 18 rings (SSSR count). The number of nitriles is 1. The van der Waals surface area contributed by atoms with Crippen LogP contribution in [-0.4, -0.2) is 9.13 Å². The van der Waals surface area contributed by atoms with Crippen LogP contribution in [0.5, 0.6) is 0 Å². The maximum Gasteiger partial charge on any atom is 0.104 e. The van der Waals surface area contributed by atoms with Crippen LogP contribution in [0.1, 0.15) is 50.1 Å². The molecule has 0 spiro atoms. The number of fused-ring (bicyclic) bond motifs is 10. The lowest BCUT2D eigenvalue weighted by molar-refractivity contribution is 0.730. The summed E-state index contributed by atoms with van der Waals surface area (Å²) in [5, 5.41) is 17.8. The lowest BCUT2D eigenvalue weighted by Crippen LogP contribution is -2.39. The van der Waals surface area contributed by atoms with Gasteiger partial charge in [-0.1, -0.05) is 297 Å². The fourth-order valence-corrected chi connectivity index (χ4v) is 16.2. The van der Waals surface area contributed by atoms with Crippen molar-refractivity contribution in [1.82, 2.24) is 9.13 Å². The molecule has 0 saturated heterocycles. The molecule has 5 heteroatoms. The Morgan fingerprint density at radius 3 is 0.761 bits per heavy atom. The highest BCUT2D eigenvalue weighted by Gasteiger charge is 2.51. The maximum atomic E-state index is 13.4. The molecule has 2 aliphatic rings. The van der Waals surface area contributed by atoms with E-state index in [0.717, 1.165) is 145 Å². The zero-order valence-electron chi connectivity index (χ0n) is 50.1. The van der Waals surface area contributed by atoms with Crippen LogP contribution in [-0.2, 0) is 10.8 Å². The van der Waals surface area contributed by atoms with Crippen molar-refractivity contribution in [2.24, 2.45) is 0 Å². The SMILES string of the molecule is N#Cc1c(-n2c3ccccc3c3ccccc32)c(N2c3ccccc3C(c3ccccc3)(c3ccccc3)c3ccccc32)c(-c2ccccc2)c(N2c3ccccc3C(c3ccccc3)(c3ccccc3)c3ccccc32)c1-n1c2ccccc2c2ccccc21. The van der Waals surface area contributed by atoms with Crippen LogP contribution in [0.25, 0.3) is 66.1 Å². The van der Waals surface area contributed by atoms with E-state index in [2.05, 4.69) is 371 Å². The van der Waals surface area contributed by atoms with Gasteiger partial charge >= 0.3 is 0 Å². The Hall–Kier alpha value is -12.2. The molecule has 16 aromatic rings. The van der Waals surface area contributed by atoms with Crippen molar-refractivity contribution in [1.29, 1.82) is 5.26 Å². The molecule has 0 bridgehead atoms. The first-order chi connectivity index (χ1) is 45.7. The predicted octanol–water partition coefficient (Wildman–Crippen LogP) is 21.8. The van der Waals surface area contributed by atoms with Gasteiger partial charge in [0.15, 0.2) is 0 Å². The van der Waals surface area contributed by atoms with Gasteiger partial charge in [-0.25, -0.2) is 0 Å². The normalized spacial score (nSPS) is 13.6. The first kappa shape index (κ1) is 52.9. The zero-order chi connectivity index (χ0) is 60.9. The average molecular weight is 1170 g/mol. The molecular weight excluding hydrogens is 1110 g/mol. The van der Waals surface area contributed by atoms with Crippen LogP contribution in [0.3, 0.4) is 0 Å². The van der Waals surface area contributed by atoms with Gasteiger partial charge in [0, 0.05) is 27.1 Å². The van der Waals surface area contributed by atoms with E-state index in [0.29, 0.717) is 5.56 Å². The summed E-state index contributed by atoms with van der Waals surface area (Å²) in [6.07, 6.45) is 0. The van der Waals surface area contributed by atoms with Crippen molar-refractivity contribution >= 4 is 77.7 Å². The van der Waals surface area contributed by atoms with E-state index in [9.17, 15) is 5.26 Å². The lowest BCUT2D eigenvalue weighted by Gasteiger charge is -2.49. The second kappa shape index (κ2) is 21.0. The Kier molecular flexibility index (Phi) is 12.0. The molecule has 2 aromatic heterocycles. The number of nitrogens with zero attached hydrogens (tertiary/aromatic N) is 5. The summed E-state index contributed by atoms with van der Waals surface area (Å²) in [7, 11) is 0. The number of para-hydroxylation sites is 8. The molecule has 0 fully saturated rings. The first-order valence-corrected chi connectivity index (χ1v) is 31.6. The first-order valence-electron chi connectivity index (χ1n) is 31.6. The number of anilines is 6. The van der Waals surface area contributed by atoms with E-state index in [1.54, 1.807) is 0 Å². The minimum atomic E-state index is -0.793. The molecule has 0 amide bonds. The molecule has 0 aliphatic carbocycles. The molecule has 0 atom stereocenters. The van der Waals surface area contributed by atoms with Crippen LogP contribution < -0.4 is 9.80 Å². The topological polar surface area (TPSA) is 40.1 Å². The molecule has 0 unspecified atom stereocenters. The molecular formula is C87H57N5. The number of benzene rings is 14. The van der Waals surface area contributed by atoms with Crippen molar-refractivity contribution in [2.45, 2.75) is 10.8 Å². The van der Waals surface area contributed by atoms with Gasteiger partial charge in [-0.15, -0.1) is 0 Å². The van der Waals surface area contributed by atoms with Gasteiger partial charge in [-0.05, 0) is 98.6 Å². The third kappa shape index (κ3) is 7.35. The standard InChI is InChI=1S/C87H57N5/c88-58-68-82(89-73-50-24-16-42-64(73)65-43-17-25-51-74(65)89)84(91-77-54-28-20-46-69(77)86(60-34-8-2-9-35-60,61-36-10-3-11-37-61)70-47-21-29-55-78(70)91)81(59-32-6-1-7-33-59)85(83(68)90-75-52-26-18-44-66(75)67-45-19-27-53-76(67)90)92-79-56-30-22-48-71(79)87(62-38-12-4-13-39-62,63-40-14-5-15-41-63)72-49-23-31-57-80(72)92/h1-57H. The van der Waals surface area contributed by atoms with Gasteiger partial charge in [0.2, 0.25) is 0 Å². The quantitative estimate of drug-likeness (QED) is 0.145. The Bertz CT molecular complexity index is 5000. The summed E-state index contributed by atoms with van der Waals surface area (Å²) in [5.41, 5.74) is 21.0. The van der Waals surface area contributed by atoms with Crippen molar-refractivity contribution in [2.75, 3.05) is 9.80 Å². The minimum absolute atomic E-state index is 0.503. The fraction of sp³-hybridized carbons (Fsp3) is 0.0230. The Balaban J connectivity index is 1.12. The van der Waals surface area contributed by atoms with Crippen molar-refractivity contribution in [3.63, 3.8) is 0 Å². The average Bonchev–Trinajstić information content (AvgIpc) is 0.895. The number of hydrogen-bond donors (Lipinski definition) is 0. The molecule has 5 nitrogen and oxygen atoms in total. The molecule has 0 radical (unpaired) electrons. The number of rotatable bonds is 9. The Labute approximate surface area is 534 Å². The smallest absolute Gasteiger partial charge is 0.104 e. The van der Waals surface area contributed by atoms with Gasteiger partial charge in [0.05, 0.1) is 78.4 Å². The van der Waals surface area contributed by atoms with E-state index in [-0.39, 0.29) is 0 Å². The monoisotopic (exact) mass is 1170 g/mol. The van der Waals surface area contributed by atoms with Crippen molar-refractivity contribution in [3.8, 4) is 28.6 Å². The minimum Gasteiger partial charge on any atom is -0.307 e. The molecule has 2 aliphatic heterocycles. The Morgan fingerprint density at radius 2 is 0.478 bits per heavy atom. The summed E-state index contributed by atoms with van der Waals surface area (Å²) in [6.45, 7) is 0. The molecule has 430 valence electrons. The van der Waals surface area contributed by atoms with Gasteiger partial charge in [0.25, 0.3) is 0 Å². The highest BCUT2D eigenvalue weighted by atomic mass is 15.2. The fourth-order valence-electron chi connectivity index (χ4n) is 16.2. The van der Waals surface area contributed by atoms with E-state index in [1.807, 2.05) is 0 Å². The third-order valence-corrected chi connectivity index (χ3v) is 19.6. The second-order valence-electron chi connectivity index (χ2n) is 24.1. The number of hydrogen-bond acceptors (Lipinski definition) is 3. The van der Waals surface area contributed by atoms with Crippen LogP contribution in [0, 0.1) is 11.3 Å². The van der Waals surface area contributed by atoms with Crippen LogP contribution in [0.4, 0.5) is 34.1 Å². The van der Waals surface area contributed by atoms with Crippen molar-refractivity contribution in [3.05, 3.63) is 396 Å². The second-order valence-corrected chi connectivity index (χ2v) is 24.1. The lowest BCUT2D eigenvalue weighted by atomic mass is 9.62. The summed E-state index contributed by atoms with van der Waals surface area (Å²) < 4.78 is 4.84. The molecule has 0 saturated carbocycles. The van der Waals surface area contributed by atoms with E-state index in [1.165, 1.54) is 0 Å². The van der Waals surface area contributed by atoms with Gasteiger partial charge < -0.3 is 18.9 Å². The predicted molar refractivity (Wildman–Crippen MR) is 378 cm³/mol. The maximum absolute atomic E-state index is 13.4. The van der Waals surface area contributed by atoms with Gasteiger partial charge in [-0.2, -0.15) is 5.26 Å². The van der Waals surface area contributed by atoms with Gasteiger partial charge in [0.1, 0.15) is 11.6 Å². The number of aromatic nitrogens is 2. The van der Waals surface area contributed by atoms with Crippen molar-refractivity contribution < 1.29 is 0 Å². The molecule has 0 N–H and O–H groups in total. The summed E-state index contributed by atoms with van der Waals surface area (Å²) in [6, 6.07) is 129. The summed E-state index contributed by atoms with van der Waals surface area (Å²) >= 11 is 0. The Morgan fingerprint density at radius 1 is 0.239 bits per heavy atom. The highest BCUT2D eigenvalue weighted by Crippen LogP contribution is 2.66. The van der Waals surface area contributed by atoms with Crippen LogP contribution in [0.15, 0.2) is 346 Å². The molecule has 4 heterocycles. The van der Waals surface area contributed by atoms with Crippen LogP contribution in [0.2, 0.25) is 0 Å². The summed E-state index contributed by atoms with van der Waals surface area (Å²) in [4.78, 5) is 5.08. The molecule has 92 heavy (non-hydrogen) atoms. The van der Waals surface area contributed by atoms with E-state index < -0.39 is 10.8 Å². The van der Waals surface area contributed by atoms with E-state index in [4.69, 9.17) is 0 Å². The third-order valence-electron chi connectivity index (χ3n) is 19.6. The van der Waals surface area contributed by atoms with Gasteiger partial charge in [-0.3, -0.25) is 0 Å². The van der Waals surface area contributed by atoms with E-state index >= 15 is 0 Å². The van der Waals surface area contributed by atoms with Crippen LogP contribution >= 0.6 is 0 Å². The summed E-state index contributed by atoms with van der Waals surface area (Å²) in [5.74, 6) is 0. The zero-order valence-corrected chi connectivity index (χ0v) is 50.1. The molecule has 14 aromatic carbocycles. The largest absolute Gasteiger partial charge is 0.307 e. The highest BCUT2D eigenvalue weighted by molar-refractivity contribution is 6.17.